The largest absolute Gasteiger partial charge is 1.00 e. The van der Waals surface area contributed by atoms with Gasteiger partial charge in [-0.2, -0.15) is 0 Å². The van der Waals surface area contributed by atoms with Crippen LogP contribution >= 0.6 is 0 Å². The Balaban J connectivity index is 0.000000401. The van der Waals surface area contributed by atoms with Crippen molar-refractivity contribution in [2.24, 2.45) is 0 Å². The van der Waals surface area contributed by atoms with Gasteiger partial charge in [-0.1, -0.05) is 91.0 Å². The number of hydrogen-bond donors (Lipinski definition) is 1. The van der Waals surface area contributed by atoms with Gasteiger partial charge in [0.1, 0.15) is 5.60 Å². The predicted molar refractivity (Wildman–Crippen MR) is 113 cm³/mol. The second-order valence-electron chi connectivity index (χ2n) is 6.39. The lowest BCUT2D eigenvalue weighted by Crippen LogP contribution is -3.00. The Kier molecular flexibility index (Phi) is 9.76. The summed E-state index contributed by atoms with van der Waals surface area (Å²) in [6.45, 7) is 2.05. The fourth-order valence-electron chi connectivity index (χ4n) is 3.02. The molecular weight excluding hydrogens is 382 g/mol. The highest BCUT2D eigenvalue weighted by Gasteiger charge is 2.33. The molecule has 3 nitrogen and oxygen atoms in total. The summed E-state index contributed by atoms with van der Waals surface area (Å²) in [6.07, 6.45) is 3.85. The minimum absolute atomic E-state index is 0. The maximum absolute atomic E-state index is 11.4. The van der Waals surface area contributed by atoms with E-state index in [0.29, 0.717) is 0 Å². The zero-order valence-corrected chi connectivity index (χ0v) is 17.1. The third kappa shape index (κ3) is 6.00. The SMILES string of the molecule is Cc1ccc[nH+]c1.O.OC(c1ccccc1)(c1ccccc1)c1ccccc1.[Cl-]. The normalized spacial score (nSPS) is 9.86. The van der Waals surface area contributed by atoms with Gasteiger partial charge in [0.05, 0.1) is 0 Å². The van der Waals surface area contributed by atoms with Gasteiger partial charge in [0.2, 0.25) is 0 Å². The molecule has 1 heterocycles. The van der Waals surface area contributed by atoms with E-state index in [4.69, 9.17) is 0 Å². The van der Waals surface area contributed by atoms with Gasteiger partial charge in [-0.15, -0.1) is 0 Å². The quantitative estimate of drug-likeness (QED) is 0.505. The second-order valence-corrected chi connectivity index (χ2v) is 6.39. The summed E-state index contributed by atoms with van der Waals surface area (Å²) in [4.78, 5) is 2.96. The summed E-state index contributed by atoms with van der Waals surface area (Å²) >= 11 is 0. The Hall–Kier alpha value is -2.98. The number of aromatic amines is 1. The molecule has 0 fully saturated rings. The fourth-order valence-corrected chi connectivity index (χ4v) is 3.02. The molecule has 4 aromatic rings. The standard InChI is InChI=1S/C19H16O.C6H7N.ClH.H2O/c20-19(16-10-4-1-5-11-16,17-12-6-2-7-13-17)18-14-8-3-9-15-18;1-6-3-2-4-7-5-6;;/h1-15,20H;2-5H,1H3;1H;1H2. The first kappa shape index (κ1) is 24.1. The Labute approximate surface area is 178 Å². The van der Waals surface area contributed by atoms with Crippen LogP contribution in [0.1, 0.15) is 22.3 Å². The number of rotatable bonds is 3. The zero-order chi connectivity index (χ0) is 19.0. The van der Waals surface area contributed by atoms with E-state index in [-0.39, 0.29) is 17.9 Å². The highest BCUT2D eigenvalue weighted by molar-refractivity contribution is 5.46. The molecule has 4 N–H and O–H groups in total. The Bertz CT molecular complexity index is 837. The molecule has 0 amide bonds. The van der Waals surface area contributed by atoms with Crippen molar-refractivity contribution in [2.45, 2.75) is 12.5 Å². The van der Waals surface area contributed by atoms with Crippen molar-refractivity contribution < 1.29 is 28.0 Å². The summed E-state index contributed by atoms with van der Waals surface area (Å²) in [7, 11) is 0. The summed E-state index contributed by atoms with van der Waals surface area (Å²) in [6, 6.07) is 33.4. The molecule has 0 saturated heterocycles. The molecule has 0 saturated carbocycles. The molecule has 0 aliphatic carbocycles. The van der Waals surface area contributed by atoms with Gasteiger partial charge >= 0.3 is 0 Å². The minimum atomic E-state index is -1.12. The summed E-state index contributed by atoms with van der Waals surface area (Å²) < 4.78 is 0. The lowest BCUT2D eigenvalue weighted by molar-refractivity contribution is -0.378. The van der Waals surface area contributed by atoms with E-state index >= 15 is 0 Å². The van der Waals surface area contributed by atoms with Crippen LogP contribution < -0.4 is 17.4 Å². The maximum Gasteiger partial charge on any atom is 0.169 e. The molecule has 150 valence electrons. The van der Waals surface area contributed by atoms with E-state index in [1.807, 2.05) is 109 Å². The van der Waals surface area contributed by atoms with E-state index in [0.717, 1.165) is 16.7 Å². The van der Waals surface area contributed by atoms with Crippen molar-refractivity contribution in [3.05, 3.63) is 138 Å². The topological polar surface area (TPSA) is 65.9 Å². The number of hydrogen-bond acceptors (Lipinski definition) is 1. The molecule has 29 heavy (non-hydrogen) atoms. The summed E-state index contributed by atoms with van der Waals surface area (Å²) in [5.74, 6) is 0. The molecule has 0 bridgehead atoms. The van der Waals surface area contributed by atoms with E-state index in [1.54, 1.807) is 0 Å². The molecule has 3 aromatic carbocycles. The number of aryl methyl sites for hydroxylation is 1. The number of aliphatic hydroxyl groups is 1. The second kappa shape index (κ2) is 11.8. The maximum atomic E-state index is 11.4. The first-order valence-corrected chi connectivity index (χ1v) is 9.03. The Morgan fingerprint density at radius 1 is 0.621 bits per heavy atom. The van der Waals surface area contributed by atoms with Crippen molar-refractivity contribution in [3.63, 3.8) is 0 Å². The van der Waals surface area contributed by atoms with Crippen molar-refractivity contribution in [1.29, 1.82) is 0 Å². The molecule has 0 radical (unpaired) electrons. The lowest BCUT2D eigenvalue weighted by atomic mass is 9.80. The van der Waals surface area contributed by atoms with E-state index < -0.39 is 5.60 Å². The minimum Gasteiger partial charge on any atom is -1.00 e. The summed E-state index contributed by atoms with van der Waals surface area (Å²) in [5, 5.41) is 11.4. The molecule has 1 aromatic heterocycles. The van der Waals surface area contributed by atoms with Crippen LogP contribution in [-0.2, 0) is 5.60 Å². The number of benzene rings is 3. The van der Waals surface area contributed by atoms with Gasteiger partial charge in [-0.3, -0.25) is 0 Å². The van der Waals surface area contributed by atoms with Crippen LogP contribution in [0.5, 0.6) is 0 Å². The first-order chi connectivity index (χ1) is 13.2. The van der Waals surface area contributed by atoms with Gasteiger partial charge in [-0.25, -0.2) is 4.98 Å². The molecule has 0 aliphatic rings. The van der Waals surface area contributed by atoms with Crippen LogP contribution in [0.3, 0.4) is 0 Å². The van der Waals surface area contributed by atoms with Crippen LogP contribution in [0.4, 0.5) is 0 Å². The monoisotopic (exact) mass is 407 g/mol. The highest BCUT2D eigenvalue weighted by Crippen LogP contribution is 2.36. The molecule has 0 aliphatic heterocycles. The Morgan fingerprint density at radius 3 is 1.24 bits per heavy atom. The number of nitrogens with one attached hydrogen (secondary N) is 1. The number of H-pyrrole nitrogens is 1. The average molecular weight is 408 g/mol. The van der Waals surface area contributed by atoms with Gasteiger partial charge in [0.25, 0.3) is 0 Å². The van der Waals surface area contributed by atoms with Crippen molar-refractivity contribution in [2.75, 3.05) is 0 Å². The number of aromatic nitrogens is 1. The molecule has 4 heteroatoms. The fraction of sp³-hybridized carbons (Fsp3) is 0.0800. The van der Waals surface area contributed by atoms with Gasteiger partial charge in [0.15, 0.2) is 12.4 Å². The molecule has 0 atom stereocenters. The van der Waals surface area contributed by atoms with Crippen molar-refractivity contribution >= 4 is 0 Å². The van der Waals surface area contributed by atoms with E-state index in [1.165, 1.54) is 5.56 Å². The van der Waals surface area contributed by atoms with E-state index in [9.17, 15) is 5.11 Å². The van der Waals surface area contributed by atoms with Crippen LogP contribution in [-0.4, -0.2) is 10.6 Å². The molecule has 0 unspecified atom stereocenters. The Morgan fingerprint density at radius 2 is 1.00 bits per heavy atom. The predicted octanol–water partition coefficient (Wildman–Crippen LogP) is 0.959. The van der Waals surface area contributed by atoms with Crippen LogP contribution in [0.2, 0.25) is 0 Å². The van der Waals surface area contributed by atoms with Crippen LogP contribution in [0.25, 0.3) is 0 Å². The van der Waals surface area contributed by atoms with Crippen molar-refractivity contribution in [3.8, 4) is 0 Å². The highest BCUT2D eigenvalue weighted by atomic mass is 35.5. The van der Waals surface area contributed by atoms with E-state index in [2.05, 4.69) is 18.0 Å². The van der Waals surface area contributed by atoms with Gasteiger partial charge in [-0.05, 0) is 29.7 Å². The molecular formula is C25H26ClNO2. The number of halogens is 1. The first-order valence-electron chi connectivity index (χ1n) is 9.03. The third-order valence-corrected chi connectivity index (χ3v) is 4.44. The number of pyridine rings is 1. The molecule has 4 rings (SSSR count). The lowest BCUT2D eigenvalue weighted by Gasteiger charge is -2.30. The average Bonchev–Trinajstić information content (AvgIpc) is 2.76. The molecule has 0 spiro atoms. The summed E-state index contributed by atoms with van der Waals surface area (Å²) in [5.41, 5.74) is 2.76. The van der Waals surface area contributed by atoms with Crippen LogP contribution in [0, 0.1) is 6.92 Å². The smallest absolute Gasteiger partial charge is 0.169 e. The van der Waals surface area contributed by atoms with Crippen LogP contribution in [0.15, 0.2) is 116 Å². The zero-order valence-electron chi connectivity index (χ0n) is 16.3. The third-order valence-electron chi connectivity index (χ3n) is 4.44. The van der Waals surface area contributed by atoms with Gasteiger partial charge in [0, 0.05) is 11.6 Å². The van der Waals surface area contributed by atoms with Gasteiger partial charge < -0.3 is 23.0 Å². The van der Waals surface area contributed by atoms with Crippen molar-refractivity contribution in [1.82, 2.24) is 0 Å².